The lowest BCUT2D eigenvalue weighted by Crippen LogP contribution is -2.52. The average molecular weight is 387 g/mol. The summed E-state index contributed by atoms with van der Waals surface area (Å²) in [5.41, 5.74) is 0. The molecule has 2 heterocycles. The van der Waals surface area contributed by atoms with Gasteiger partial charge in [0, 0.05) is 34.0 Å². The molecule has 0 saturated heterocycles. The van der Waals surface area contributed by atoms with Crippen LogP contribution in [0.1, 0.15) is 35.4 Å². The van der Waals surface area contributed by atoms with Crippen molar-refractivity contribution in [1.29, 1.82) is 0 Å². The van der Waals surface area contributed by atoms with Crippen LogP contribution in [0.3, 0.4) is 0 Å². The van der Waals surface area contributed by atoms with Gasteiger partial charge in [0.05, 0.1) is 0 Å². The predicted molar refractivity (Wildman–Crippen MR) is 109 cm³/mol. The minimum Gasteiger partial charge on any atom is -0.348 e. The summed E-state index contributed by atoms with van der Waals surface area (Å²) < 4.78 is 0. The first-order chi connectivity index (χ1) is 12.7. The Kier molecular flexibility index (Phi) is 6.80. The molecule has 0 unspecified atom stereocenters. The third kappa shape index (κ3) is 5.68. The third-order valence-electron chi connectivity index (χ3n) is 4.31. The summed E-state index contributed by atoms with van der Waals surface area (Å²) >= 11 is 3.19. The van der Waals surface area contributed by atoms with Crippen LogP contribution in [0.2, 0.25) is 0 Å². The number of thiophene rings is 2. The number of carbonyl (C=O) groups excluding carboxylic acids is 2. The van der Waals surface area contributed by atoms with Crippen LogP contribution in [-0.4, -0.2) is 23.9 Å². The maximum absolute atomic E-state index is 12.2. The van der Waals surface area contributed by atoms with Crippen LogP contribution in [0.25, 0.3) is 12.2 Å². The lowest BCUT2D eigenvalue weighted by molar-refractivity contribution is -0.120. The van der Waals surface area contributed by atoms with E-state index in [9.17, 15) is 9.59 Å². The molecule has 2 amide bonds. The van der Waals surface area contributed by atoms with Gasteiger partial charge in [-0.05, 0) is 47.9 Å². The van der Waals surface area contributed by atoms with Gasteiger partial charge in [0.25, 0.3) is 0 Å². The molecule has 1 saturated carbocycles. The molecular formula is C20H22N2O2S2. The zero-order chi connectivity index (χ0) is 18.2. The van der Waals surface area contributed by atoms with Crippen molar-refractivity contribution in [3.8, 4) is 0 Å². The van der Waals surface area contributed by atoms with E-state index >= 15 is 0 Å². The molecule has 0 aliphatic heterocycles. The number of hydrogen-bond donors (Lipinski definition) is 2. The summed E-state index contributed by atoms with van der Waals surface area (Å²) in [4.78, 5) is 26.5. The van der Waals surface area contributed by atoms with Crippen LogP contribution in [0.15, 0.2) is 47.2 Å². The summed E-state index contributed by atoms with van der Waals surface area (Å²) in [6, 6.07) is 7.81. The second kappa shape index (κ2) is 9.50. The van der Waals surface area contributed by atoms with Gasteiger partial charge in [-0.1, -0.05) is 25.0 Å². The van der Waals surface area contributed by atoms with E-state index in [1.807, 2.05) is 47.2 Å². The van der Waals surface area contributed by atoms with Gasteiger partial charge in [-0.3, -0.25) is 9.59 Å². The van der Waals surface area contributed by atoms with Gasteiger partial charge >= 0.3 is 0 Å². The zero-order valence-electron chi connectivity index (χ0n) is 14.4. The van der Waals surface area contributed by atoms with Gasteiger partial charge in [-0.2, -0.15) is 0 Å². The van der Waals surface area contributed by atoms with Gasteiger partial charge in [-0.15, -0.1) is 22.7 Å². The minimum absolute atomic E-state index is 0.0247. The van der Waals surface area contributed by atoms with E-state index in [1.165, 1.54) is 0 Å². The summed E-state index contributed by atoms with van der Waals surface area (Å²) in [6.07, 6.45) is 10.7. The standard InChI is InChI=1S/C20H22N2O2S2/c23-19(11-9-15-5-3-13-25-15)21-17-7-1-2-8-18(17)22-20(24)12-10-16-6-4-14-26-16/h3-6,9-14,17-18H,1-2,7-8H2,(H,21,23)(H,22,24)/b11-9+,12-10+/t17-,18-/m1/s1. The second-order valence-corrected chi connectivity index (χ2v) is 8.17. The van der Waals surface area contributed by atoms with Crippen molar-refractivity contribution in [3.05, 3.63) is 56.9 Å². The Morgan fingerprint density at radius 1 is 0.846 bits per heavy atom. The molecule has 0 radical (unpaired) electrons. The normalized spacial score (nSPS) is 20.5. The van der Waals surface area contributed by atoms with E-state index in [4.69, 9.17) is 0 Å². The predicted octanol–water partition coefficient (Wildman–Crippen LogP) is 4.08. The van der Waals surface area contributed by atoms with Crippen LogP contribution in [0, 0.1) is 0 Å². The summed E-state index contributed by atoms with van der Waals surface area (Å²) in [7, 11) is 0. The molecule has 0 bridgehead atoms. The molecule has 6 heteroatoms. The minimum atomic E-state index is -0.112. The molecular weight excluding hydrogens is 364 g/mol. The highest BCUT2D eigenvalue weighted by atomic mass is 32.1. The zero-order valence-corrected chi connectivity index (χ0v) is 16.0. The molecule has 2 atom stereocenters. The Balaban J connectivity index is 1.53. The van der Waals surface area contributed by atoms with Crippen molar-refractivity contribution in [2.45, 2.75) is 37.8 Å². The van der Waals surface area contributed by atoms with Crippen molar-refractivity contribution >= 4 is 46.6 Å². The van der Waals surface area contributed by atoms with Crippen molar-refractivity contribution in [1.82, 2.24) is 10.6 Å². The molecule has 2 aromatic rings. The van der Waals surface area contributed by atoms with Crippen molar-refractivity contribution < 1.29 is 9.59 Å². The molecule has 2 N–H and O–H groups in total. The first kappa shape index (κ1) is 18.6. The number of amides is 2. The molecule has 0 spiro atoms. The fourth-order valence-electron chi connectivity index (χ4n) is 3.03. The van der Waals surface area contributed by atoms with Crippen molar-refractivity contribution in [3.63, 3.8) is 0 Å². The summed E-state index contributed by atoms with van der Waals surface area (Å²) in [6.45, 7) is 0. The highest BCUT2D eigenvalue weighted by molar-refractivity contribution is 7.11. The number of hydrogen-bond acceptors (Lipinski definition) is 4. The lowest BCUT2D eigenvalue weighted by atomic mass is 9.90. The number of nitrogens with one attached hydrogen (secondary N) is 2. The average Bonchev–Trinajstić information content (AvgIpc) is 3.34. The van der Waals surface area contributed by atoms with Gasteiger partial charge in [0.2, 0.25) is 11.8 Å². The first-order valence-corrected chi connectivity index (χ1v) is 10.5. The van der Waals surface area contributed by atoms with Gasteiger partial charge in [-0.25, -0.2) is 0 Å². The van der Waals surface area contributed by atoms with Crippen LogP contribution >= 0.6 is 22.7 Å². The van der Waals surface area contributed by atoms with Crippen LogP contribution in [0.5, 0.6) is 0 Å². The molecule has 1 aliphatic carbocycles. The quantitative estimate of drug-likeness (QED) is 0.735. The highest BCUT2D eigenvalue weighted by Crippen LogP contribution is 2.19. The van der Waals surface area contributed by atoms with E-state index in [0.29, 0.717) is 0 Å². The van der Waals surface area contributed by atoms with E-state index < -0.39 is 0 Å². The SMILES string of the molecule is O=C(/C=C/c1cccs1)N[C@@H]1CCCC[C@H]1NC(=O)/C=C/c1cccs1. The maximum atomic E-state index is 12.2. The van der Waals surface area contributed by atoms with E-state index in [0.717, 1.165) is 35.4 Å². The lowest BCUT2D eigenvalue weighted by Gasteiger charge is -2.32. The van der Waals surface area contributed by atoms with Crippen LogP contribution in [-0.2, 0) is 9.59 Å². The molecule has 136 valence electrons. The number of rotatable bonds is 6. The van der Waals surface area contributed by atoms with Gasteiger partial charge in [0.15, 0.2) is 0 Å². The Hall–Kier alpha value is -2.18. The van der Waals surface area contributed by atoms with Crippen LogP contribution < -0.4 is 10.6 Å². The molecule has 4 nitrogen and oxygen atoms in total. The first-order valence-electron chi connectivity index (χ1n) is 8.75. The Morgan fingerprint density at radius 2 is 1.31 bits per heavy atom. The molecule has 2 aromatic heterocycles. The van der Waals surface area contributed by atoms with E-state index in [2.05, 4.69) is 10.6 Å². The van der Waals surface area contributed by atoms with Gasteiger partial charge in [0.1, 0.15) is 0 Å². The smallest absolute Gasteiger partial charge is 0.244 e. The monoisotopic (exact) mass is 386 g/mol. The molecule has 1 aliphatic rings. The maximum Gasteiger partial charge on any atom is 0.244 e. The Bertz CT molecular complexity index is 698. The third-order valence-corrected chi connectivity index (χ3v) is 5.98. The Morgan fingerprint density at radius 3 is 1.69 bits per heavy atom. The van der Waals surface area contributed by atoms with Crippen molar-refractivity contribution in [2.75, 3.05) is 0 Å². The largest absolute Gasteiger partial charge is 0.348 e. The van der Waals surface area contributed by atoms with E-state index in [1.54, 1.807) is 34.8 Å². The summed E-state index contributed by atoms with van der Waals surface area (Å²) in [5, 5.41) is 10.1. The van der Waals surface area contributed by atoms with Crippen molar-refractivity contribution in [2.24, 2.45) is 0 Å². The molecule has 3 rings (SSSR count). The summed E-state index contributed by atoms with van der Waals surface area (Å²) in [5.74, 6) is -0.225. The highest BCUT2D eigenvalue weighted by Gasteiger charge is 2.26. The molecule has 1 fully saturated rings. The molecule has 26 heavy (non-hydrogen) atoms. The second-order valence-electron chi connectivity index (χ2n) is 6.21. The Labute approximate surface area is 161 Å². The molecule has 0 aromatic carbocycles. The fourth-order valence-corrected chi connectivity index (χ4v) is 4.26. The van der Waals surface area contributed by atoms with E-state index in [-0.39, 0.29) is 23.9 Å². The number of carbonyl (C=O) groups is 2. The fraction of sp³-hybridized carbons (Fsp3) is 0.300. The van der Waals surface area contributed by atoms with Crippen LogP contribution in [0.4, 0.5) is 0 Å². The van der Waals surface area contributed by atoms with Gasteiger partial charge < -0.3 is 10.6 Å². The topological polar surface area (TPSA) is 58.2 Å².